The molecule has 0 saturated carbocycles. The summed E-state index contributed by atoms with van der Waals surface area (Å²) in [6.45, 7) is 2.04. The highest BCUT2D eigenvalue weighted by Gasteiger charge is 2.06. The molecule has 5 heteroatoms. The van der Waals surface area contributed by atoms with E-state index in [-0.39, 0.29) is 5.95 Å². The zero-order valence-corrected chi connectivity index (χ0v) is 12.5. The van der Waals surface area contributed by atoms with Crippen LogP contribution in [0.5, 0.6) is 0 Å². The van der Waals surface area contributed by atoms with Gasteiger partial charge in [-0.1, -0.05) is 28.1 Å². The summed E-state index contributed by atoms with van der Waals surface area (Å²) in [6, 6.07) is 13.9. The summed E-state index contributed by atoms with van der Waals surface area (Å²) in [5, 5.41) is 4.25. The van der Waals surface area contributed by atoms with Gasteiger partial charge < -0.3 is 11.1 Å². The fourth-order valence-corrected chi connectivity index (χ4v) is 2.74. The Balaban J connectivity index is 2.10. The zero-order valence-electron chi connectivity index (χ0n) is 10.9. The van der Waals surface area contributed by atoms with Crippen LogP contribution in [0.3, 0.4) is 0 Å². The van der Waals surface area contributed by atoms with Crippen LogP contribution in [0.4, 0.5) is 17.5 Å². The van der Waals surface area contributed by atoms with Gasteiger partial charge in [0.05, 0.1) is 5.52 Å². The average Bonchev–Trinajstić information content (AvgIpc) is 2.37. The molecule has 100 valence electrons. The Morgan fingerprint density at radius 2 is 1.90 bits per heavy atom. The lowest BCUT2D eigenvalue weighted by Gasteiger charge is -2.10. The molecule has 3 N–H and O–H groups in total. The molecular weight excluding hydrogens is 316 g/mol. The zero-order chi connectivity index (χ0) is 14.1. The fourth-order valence-electron chi connectivity index (χ4n) is 2.14. The van der Waals surface area contributed by atoms with Gasteiger partial charge in [0.1, 0.15) is 5.82 Å². The number of nitrogens with zero attached hydrogens (tertiary/aromatic N) is 2. The molecular formula is C15H13BrN4. The number of hydrogen-bond acceptors (Lipinski definition) is 4. The third-order valence-corrected chi connectivity index (χ3v) is 3.38. The Kier molecular flexibility index (Phi) is 3.28. The standard InChI is InChI=1S/C15H13BrN4/c1-9-6-10(16)8-11(7-9)18-14-12-4-2-3-5-13(12)19-15(17)20-14/h2-8H,1H3,(H3,17,18,19,20). The lowest BCUT2D eigenvalue weighted by atomic mass is 10.2. The predicted molar refractivity (Wildman–Crippen MR) is 86.1 cm³/mol. The molecule has 0 bridgehead atoms. The summed E-state index contributed by atoms with van der Waals surface area (Å²) in [5.41, 5.74) is 8.71. The number of anilines is 3. The maximum atomic E-state index is 5.77. The van der Waals surface area contributed by atoms with Crippen LogP contribution in [0.1, 0.15) is 5.56 Å². The fraction of sp³-hybridized carbons (Fsp3) is 0.0667. The van der Waals surface area contributed by atoms with Crippen molar-refractivity contribution in [2.45, 2.75) is 6.92 Å². The molecule has 3 rings (SSSR count). The summed E-state index contributed by atoms with van der Waals surface area (Å²) in [5.74, 6) is 0.975. The predicted octanol–water partition coefficient (Wildman–Crippen LogP) is 4.03. The Morgan fingerprint density at radius 1 is 1.10 bits per heavy atom. The van der Waals surface area contributed by atoms with E-state index < -0.39 is 0 Å². The molecule has 0 spiro atoms. The van der Waals surface area contributed by atoms with Crippen molar-refractivity contribution < 1.29 is 0 Å². The van der Waals surface area contributed by atoms with Crippen molar-refractivity contribution >= 4 is 44.3 Å². The van der Waals surface area contributed by atoms with Gasteiger partial charge in [0, 0.05) is 15.5 Å². The second kappa shape index (κ2) is 5.09. The van der Waals surface area contributed by atoms with Gasteiger partial charge in [-0.05, 0) is 42.8 Å². The van der Waals surface area contributed by atoms with E-state index >= 15 is 0 Å². The van der Waals surface area contributed by atoms with Gasteiger partial charge in [-0.25, -0.2) is 4.98 Å². The number of halogens is 1. The number of nitrogens with one attached hydrogen (secondary N) is 1. The van der Waals surface area contributed by atoms with Crippen molar-refractivity contribution in [1.82, 2.24) is 9.97 Å². The summed E-state index contributed by atoms with van der Waals surface area (Å²) < 4.78 is 1.02. The molecule has 1 heterocycles. The largest absolute Gasteiger partial charge is 0.368 e. The van der Waals surface area contributed by atoms with Crippen LogP contribution in [0.2, 0.25) is 0 Å². The van der Waals surface area contributed by atoms with E-state index in [0.717, 1.165) is 26.6 Å². The molecule has 0 radical (unpaired) electrons. The Labute approximate surface area is 125 Å². The van der Waals surface area contributed by atoms with E-state index in [1.165, 1.54) is 0 Å². The quantitative estimate of drug-likeness (QED) is 0.745. The van der Waals surface area contributed by atoms with Crippen LogP contribution in [-0.2, 0) is 0 Å². The smallest absolute Gasteiger partial charge is 0.222 e. The van der Waals surface area contributed by atoms with E-state index in [1.807, 2.05) is 37.3 Å². The van der Waals surface area contributed by atoms with Crippen LogP contribution in [0.15, 0.2) is 46.9 Å². The van der Waals surface area contributed by atoms with E-state index in [1.54, 1.807) is 0 Å². The van der Waals surface area contributed by atoms with Crippen LogP contribution >= 0.6 is 15.9 Å². The van der Waals surface area contributed by atoms with Crippen LogP contribution < -0.4 is 11.1 Å². The van der Waals surface area contributed by atoms with Crippen molar-refractivity contribution in [3.05, 3.63) is 52.5 Å². The number of rotatable bonds is 2. The highest BCUT2D eigenvalue weighted by Crippen LogP contribution is 2.26. The van der Waals surface area contributed by atoms with Crippen molar-refractivity contribution in [2.75, 3.05) is 11.1 Å². The number of nitrogen functional groups attached to an aromatic ring is 1. The van der Waals surface area contributed by atoms with Gasteiger partial charge in [-0.2, -0.15) is 4.98 Å². The van der Waals surface area contributed by atoms with Gasteiger partial charge in [0.15, 0.2) is 0 Å². The number of aromatic nitrogens is 2. The second-order valence-corrected chi connectivity index (χ2v) is 5.51. The lowest BCUT2D eigenvalue weighted by molar-refractivity contribution is 1.23. The van der Waals surface area contributed by atoms with Crippen LogP contribution in [0, 0.1) is 6.92 Å². The monoisotopic (exact) mass is 328 g/mol. The molecule has 0 aliphatic rings. The maximum Gasteiger partial charge on any atom is 0.222 e. The molecule has 0 aliphatic heterocycles. The Hall–Kier alpha value is -2.14. The Morgan fingerprint density at radius 3 is 2.70 bits per heavy atom. The molecule has 0 amide bonds. The van der Waals surface area contributed by atoms with Gasteiger partial charge in [0.2, 0.25) is 5.95 Å². The third kappa shape index (κ3) is 2.58. The molecule has 1 aromatic heterocycles. The Bertz CT molecular complexity index is 766. The highest BCUT2D eigenvalue weighted by molar-refractivity contribution is 9.10. The topological polar surface area (TPSA) is 63.8 Å². The average molecular weight is 329 g/mol. The van der Waals surface area contributed by atoms with Gasteiger partial charge in [-0.15, -0.1) is 0 Å². The minimum Gasteiger partial charge on any atom is -0.368 e. The number of aryl methyl sites for hydroxylation is 1. The maximum absolute atomic E-state index is 5.77. The number of para-hydroxylation sites is 1. The summed E-state index contributed by atoms with van der Waals surface area (Å²) in [6.07, 6.45) is 0. The van der Waals surface area contributed by atoms with Crippen molar-refractivity contribution in [3.63, 3.8) is 0 Å². The van der Waals surface area contributed by atoms with E-state index in [9.17, 15) is 0 Å². The van der Waals surface area contributed by atoms with Crippen molar-refractivity contribution in [2.24, 2.45) is 0 Å². The normalized spacial score (nSPS) is 10.7. The first-order valence-corrected chi connectivity index (χ1v) is 6.97. The molecule has 2 aromatic carbocycles. The van der Waals surface area contributed by atoms with Crippen molar-refractivity contribution in [3.8, 4) is 0 Å². The highest BCUT2D eigenvalue weighted by atomic mass is 79.9. The molecule has 0 atom stereocenters. The molecule has 3 aromatic rings. The lowest BCUT2D eigenvalue weighted by Crippen LogP contribution is -2.01. The minimum absolute atomic E-state index is 0.262. The first-order valence-electron chi connectivity index (χ1n) is 6.18. The first kappa shape index (κ1) is 12.9. The molecule has 20 heavy (non-hydrogen) atoms. The molecule has 0 fully saturated rings. The number of nitrogens with two attached hydrogens (primary N) is 1. The minimum atomic E-state index is 0.262. The number of fused-ring (bicyclic) bond motifs is 1. The summed E-state index contributed by atoms with van der Waals surface area (Å²) >= 11 is 3.49. The van der Waals surface area contributed by atoms with Gasteiger partial charge >= 0.3 is 0 Å². The van der Waals surface area contributed by atoms with Gasteiger partial charge in [-0.3, -0.25) is 0 Å². The second-order valence-electron chi connectivity index (χ2n) is 4.59. The van der Waals surface area contributed by atoms with Crippen LogP contribution in [-0.4, -0.2) is 9.97 Å². The van der Waals surface area contributed by atoms with Crippen molar-refractivity contribution in [1.29, 1.82) is 0 Å². The molecule has 4 nitrogen and oxygen atoms in total. The van der Waals surface area contributed by atoms with E-state index in [4.69, 9.17) is 5.73 Å². The molecule has 0 saturated heterocycles. The first-order chi connectivity index (χ1) is 9.61. The summed E-state index contributed by atoms with van der Waals surface area (Å²) in [4.78, 5) is 8.53. The molecule has 0 unspecified atom stereocenters. The van der Waals surface area contributed by atoms with Crippen LogP contribution in [0.25, 0.3) is 10.9 Å². The number of hydrogen-bond donors (Lipinski definition) is 2. The third-order valence-electron chi connectivity index (χ3n) is 2.93. The number of benzene rings is 2. The van der Waals surface area contributed by atoms with Gasteiger partial charge in [0.25, 0.3) is 0 Å². The van der Waals surface area contributed by atoms with E-state index in [0.29, 0.717) is 5.82 Å². The summed E-state index contributed by atoms with van der Waals surface area (Å²) in [7, 11) is 0. The van der Waals surface area contributed by atoms with E-state index in [2.05, 4.69) is 43.3 Å². The molecule has 0 aliphatic carbocycles. The SMILES string of the molecule is Cc1cc(Br)cc(Nc2nc(N)nc3ccccc23)c1.